The molecular weight excluding hydrogens is 420 g/mol. The molecule has 156 valence electrons. The van der Waals surface area contributed by atoms with E-state index in [0.717, 1.165) is 17.1 Å². The monoisotopic (exact) mass is 442 g/mol. The van der Waals surface area contributed by atoms with Crippen molar-refractivity contribution in [1.29, 1.82) is 0 Å². The van der Waals surface area contributed by atoms with E-state index in [-0.39, 0.29) is 18.4 Å². The summed E-state index contributed by atoms with van der Waals surface area (Å²) < 4.78 is 5.23. The molecule has 2 aromatic carbocycles. The molecule has 0 bridgehead atoms. The maximum absolute atomic E-state index is 12.8. The molecule has 0 spiro atoms. The summed E-state index contributed by atoms with van der Waals surface area (Å²) in [6, 6.07) is 15.9. The summed E-state index contributed by atoms with van der Waals surface area (Å²) in [5, 5.41) is 2.64. The molecule has 3 amide bonds. The van der Waals surface area contributed by atoms with Crippen LogP contribution >= 0.6 is 23.5 Å². The van der Waals surface area contributed by atoms with E-state index in [0.29, 0.717) is 21.2 Å². The van der Waals surface area contributed by atoms with Crippen molar-refractivity contribution in [2.24, 2.45) is 0 Å². The summed E-state index contributed by atoms with van der Waals surface area (Å²) in [4.78, 5) is 39.7. The number of carbonyl (C=O) groups is 3. The predicted octanol–water partition coefficient (Wildman–Crippen LogP) is 5.03. The van der Waals surface area contributed by atoms with Gasteiger partial charge in [0.05, 0.1) is 15.5 Å². The van der Waals surface area contributed by atoms with Crippen LogP contribution in [0.3, 0.4) is 0 Å². The Kier molecular flexibility index (Phi) is 7.59. The molecule has 1 N–H and O–H groups in total. The van der Waals surface area contributed by atoms with Gasteiger partial charge in [-0.1, -0.05) is 44.2 Å². The first-order valence-electron chi connectivity index (χ1n) is 9.51. The number of para-hydroxylation sites is 1. The van der Waals surface area contributed by atoms with E-state index in [9.17, 15) is 14.4 Å². The van der Waals surface area contributed by atoms with Crippen LogP contribution in [-0.4, -0.2) is 29.4 Å². The minimum atomic E-state index is -0.554. The Hall–Kier alpha value is -2.71. The molecule has 0 atom stereocenters. The van der Waals surface area contributed by atoms with Crippen LogP contribution < -0.4 is 10.2 Å². The third-order valence-corrected chi connectivity index (χ3v) is 6.20. The predicted molar refractivity (Wildman–Crippen MR) is 122 cm³/mol. The second-order valence-corrected chi connectivity index (χ2v) is 8.75. The number of anilines is 2. The quantitative estimate of drug-likeness (QED) is 0.578. The highest BCUT2D eigenvalue weighted by Crippen LogP contribution is 2.38. The molecule has 0 aliphatic carbocycles. The van der Waals surface area contributed by atoms with Crippen LogP contribution in [-0.2, 0) is 20.9 Å². The first-order chi connectivity index (χ1) is 14.5. The Labute approximate surface area is 184 Å². The number of hydrogen-bond acceptors (Lipinski definition) is 6. The van der Waals surface area contributed by atoms with Crippen LogP contribution in [0.5, 0.6) is 0 Å². The van der Waals surface area contributed by atoms with Gasteiger partial charge in [-0.25, -0.2) is 9.69 Å². The molecule has 0 fully saturated rings. The number of thioether (sulfide) groups is 2. The average Bonchev–Trinajstić information content (AvgIpc) is 2.98. The summed E-state index contributed by atoms with van der Waals surface area (Å²) in [6.45, 7) is 3.98. The normalized spacial score (nSPS) is 13.7. The summed E-state index contributed by atoms with van der Waals surface area (Å²) in [6.07, 6.45) is -0.554. The lowest BCUT2D eigenvalue weighted by molar-refractivity contribution is -0.120. The smallest absolute Gasteiger partial charge is 0.411 e. The van der Waals surface area contributed by atoms with Gasteiger partial charge in [-0.3, -0.25) is 14.9 Å². The summed E-state index contributed by atoms with van der Waals surface area (Å²) in [5.41, 5.74) is 1.90. The Morgan fingerprint density at radius 3 is 2.00 bits per heavy atom. The first-order valence-corrected chi connectivity index (χ1v) is 11.5. The molecule has 0 radical (unpaired) electrons. The Bertz CT molecular complexity index is 931. The Balaban J connectivity index is 1.63. The van der Waals surface area contributed by atoms with Crippen LogP contribution in [0.1, 0.15) is 19.4 Å². The molecule has 0 saturated heterocycles. The van der Waals surface area contributed by atoms with Gasteiger partial charge in [0.2, 0.25) is 0 Å². The average molecular weight is 443 g/mol. The molecule has 1 aliphatic heterocycles. The molecular formula is C22H22N2O4S2. The Morgan fingerprint density at radius 2 is 1.47 bits per heavy atom. The standard InChI is InChI=1S/C22H22N2O4S2/c1-3-29-18-19(30-4-2)21(26)24(20(18)25)17-12-10-15(11-13-17)14-28-22(27)23-16-8-6-5-7-9-16/h5-13H,3-4,14H2,1-2H3,(H,23,27). The zero-order valence-corrected chi connectivity index (χ0v) is 18.3. The van der Waals surface area contributed by atoms with E-state index in [1.54, 1.807) is 36.4 Å². The molecule has 0 unspecified atom stereocenters. The van der Waals surface area contributed by atoms with E-state index in [2.05, 4.69) is 5.32 Å². The lowest BCUT2D eigenvalue weighted by Gasteiger charge is -2.15. The third-order valence-electron chi connectivity index (χ3n) is 4.16. The lowest BCUT2D eigenvalue weighted by Crippen LogP contribution is -2.31. The number of ether oxygens (including phenoxy) is 1. The SMILES string of the molecule is CCSC1=C(SCC)C(=O)N(c2ccc(COC(=O)Nc3ccccc3)cc2)C1=O. The van der Waals surface area contributed by atoms with Gasteiger partial charge in [0.1, 0.15) is 6.61 Å². The molecule has 8 heteroatoms. The van der Waals surface area contributed by atoms with E-state index >= 15 is 0 Å². The van der Waals surface area contributed by atoms with Crippen LogP contribution in [0.25, 0.3) is 0 Å². The maximum Gasteiger partial charge on any atom is 0.411 e. The molecule has 3 rings (SSSR count). The van der Waals surface area contributed by atoms with Crippen molar-refractivity contribution in [3.8, 4) is 0 Å². The number of rotatable bonds is 8. The fourth-order valence-corrected chi connectivity index (χ4v) is 4.63. The number of nitrogens with one attached hydrogen (secondary N) is 1. The topological polar surface area (TPSA) is 75.7 Å². The Morgan fingerprint density at radius 1 is 0.900 bits per heavy atom. The van der Waals surface area contributed by atoms with Crippen molar-refractivity contribution >= 4 is 52.8 Å². The van der Waals surface area contributed by atoms with Gasteiger partial charge in [0.15, 0.2) is 0 Å². The van der Waals surface area contributed by atoms with Gasteiger partial charge < -0.3 is 4.74 Å². The molecule has 6 nitrogen and oxygen atoms in total. The fraction of sp³-hybridized carbons (Fsp3) is 0.227. The third kappa shape index (κ3) is 5.06. The van der Waals surface area contributed by atoms with Gasteiger partial charge in [-0.2, -0.15) is 0 Å². The molecule has 30 heavy (non-hydrogen) atoms. The van der Waals surface area contributed by atoms with E-state index < -0.39 is 6.09 Å². The molecule has 1 aliphatic rings. The van der Waals surface area contributed by atoms with Crippen molar-refractivity contribution < 1.29 is 19.1 Å². The van der Waals surface area contributed by atoms with Crippen LogP contribution in [0.2, 0.25) is 0 Å². The second-order valence-electron chi connectivity index (χ2n) is 6.20. The van der Waals surface area contributed by atoms with Crippen molar-refractivity contribution in [2.75, 3.05) is 21.7 Å². The summed E-state index contributed by atoms with van der Waals surface area (Å²) in [5.74, 6) is 0.872. The highest BCUT2D eigenvalue weighted by molar-refractivity contribution is 8.08. The minimum Gasteiger partial charge on any atom is -0.444 e. The number of benzene rings is 2. The number of nitrogens with zero attached hydrogens (tertiary/aromatic N) is 1. The lowest BCUT2D eigenvalue weighted by atomic mass is 10.2. The van der Waals surface area contributed by atoms with E-state index in [4.69, 9.17) is 4.74 Å². The summed E-state index contributed by atoms with van der Waals surface area (Å²) >= 11 is 2.79. The minimum absolute atomic E-state index is 0.0764. The maximum atomic E-state index is 12.8. The van der Waals surface area contributed by atoms with Crippen LogP contribution in [0, 0.1) is 0 Å². The fourth-order valence-electron chi connectivity index (χ4n) is 2.83. The molecule has 1 heterocycles. The van der Waals surface area contributed by atoms with Crippen molar-refractivity contribution in [3.63, 3.8) is 0 Å². The number of hydrogen-bond donors (Lipinski definition) is 1. The van der Waals surface area contributed by atoms with Crippen molar-refractivity contribution in [1.82, 2.24) is 0 Å². The molecule has 0 saturated carbocycles. The summed E-state index contributed by atoms with van der Waals surface area (Å²) in [7, 11) is 0. The highest BCUT2D eigenvalue weighted by atomic mass is 32.2. The zero-order chi connectivity index (χ0) is 21.5. The van der Waals surface area contributed by atoms with Crippen LogP contribution in [0.15, 0.2) is 64.4 Å². The van der Waals surface area contributed by atoms with E-state index in [1.807, 2.05) is 32.0 Å². The van der Waals surface area contributed by atoms with Gasteiger partial charge in [0, 0.05) is 5.69 Å². The van der Waals surface area contributed by atoms with Gasteiger partial charge in [-0.15, -0.1) is 23.5 Å². The van der Waals surface area contributed by atoms with Gasteiger partial charge in [0.25, 0.3) is 11.8 Å². The molecule has 0 aromatic heterocycles. The van der Waals surface area contributed by atoms with Gasteiger partial charge >= 0.3 is 6.09 Å². The molecule has 2 aromatic rings. The number of carbonyl (C=O) groups excluding carboxylic acids is 3. The zero-order valence-electron chi connectivity index (χ0n) is 16.7. The number of amides is 3. The second kappa shape index (κ2) is 10.4. The van der Waals surface area contributed by atoms with Crippen molar-refractivity contribution in [3.05, 3.63) is 70.0 Å². The van der Waals surface area contributed by atoms with E-state index in [1.165, 1.54) is 28.4 Å². The van der Waals surface area contributed by atoms with Gasteiger partial charge in [-0.05, 0) is 41.3 Å². The first kappa shape index (κ1) is 22.0. The number of imide groups is 1. The van der Waals surface area contributed by atoms with Crippen molar-refractivity contribution in [2.45, 2.75) is 20.5 Å². The van der Waals surface area contributed by atoms with Crippen LogP contribution in [0.4, 0.5) is 16.2 Å². The highest BCUT2D eigenvalue weighted by Gasteiger charge is 2.39. The largest absolute Gasteiger partial charge is 0.444 e.